The zero-order valence-electron chi connectivity index (χ0n) is 27.9. The van der Waals surface area contributed by atoms with Crippen LogP contribution in [0.25, 0.3) is 78.3 Å². The van der Waals surface area contributed by atoms with Crippen molar-refractivity contribution in [1.82, 2.24) is 9.13 Å². The van der Waals surface area contributed by atoms with Gasteiger partial charge in [-0.25, -0.2) is 9.59 Å². The molecule has 9 rings (SSSR count). The molecule has 0 aliphatic heterocycles. The SMILES string of the molecule is N#C/C(=C\c1ccc2c(c1)c1ccccc1n2-c1ccc2c(c1)Cc1cc(-n3c4ccccc4c4cc(/C=C(\C#N)C(=O)O)ccc43)ccc1-2)C(=O)O. The predicted octanol–water partition coefficient (Wildman–Crippen LogP) is 9.44. The molecule has 0 saturated heterocycles. The summed E-state index contributed by atoms with van der Waals surface area (Å²) in [6, 6.07) is 44.4. The van der Waals surface area contributed by atoms with Gasteiger partial charge in [-0.3, -0.25) is 0 Å². The number of aliphatic carboxylic acids is 2. The van der Waals surface area contributed by atoms with E-state index in [-0.39, 0.29) is 11.1 Å². The summed E-state index contributed by atoms with van der Waals surface area (Å²) in [6.07, 6.45) is 3.55. The summed E-state index contributed by atoms with van der Waals surface area (Å²) in [5.41, 5.74) is 11.5. The monoisotopic (exact) mass is 686 g/mol. The molecule has 0 atom stereocenters. The number of nitriles is 2. The van der Waals surface area contributed by atoms with E-state index < -0.39 is 11.9 Å². The summed E-state index contributed by atoms with van der Waals surface area (Å²) in [7, 11) is 0. The van der Waals surface area contributed by atoms with Crippen LogP contribution in [-0.2, 0) is 16.0 Å². The molecule has 0 saturated carbocycles. The average Bonchev–Trinajstić information content (AvgIpc) is 3.82. The Morgan fingerprint density at radius 3 is 1.36 bits per heavy atom. The molecule has 0 unspecified atom stereocenters. The molecule has 8 aromatic rings. The highest BCUT2D eigenvalue weighted by atomic mass is 16.4. The van der Waals surface area contributed by atoms with E-state index in [1.54, 1.807) is 12.1 Å². The molecule has 0 spiro atoms. The highest BCUT2D eigenvalue weighted by Gasteiger charge is 2.22. The van der Waals surface area contributed by atoms with Crippen LogP contribution < -0.4 is 0 Å². The van der Waals surface area contributed by atoms with Crippen molar-refractivity contribution in [2.75, 3.05) is 0 Å². The Bertz CT molecular complexity index is 2860. The highest BCUT2D eigenvalue weighted by molar-refractivity contribution is 6.11. The van der Waals surface area contributed by atoms with Crippen LogP contribution in [0.15, 0.2) is 132 Å². The van der Waals surface area contributed by atoms with E-state index in [2.05, 4.69) is 69.8 Å². The molecule has 0 bridgehead atoms. The van der Waals surface area contributed by atoms with Crippen molar-refractivity contribution in [1.29, 1.82) is 10.5 Å². The second-order valence-corrected chi connectivity index (χ2v) is 13.1. The minimum absolute atomic E-state index is 0.317. The molecule has 53 heavy (non-hydrogen) atoms. The standard InChI is InChI=1S/C45H26N4O4/c46-24-30(44(50)51)17-26-9-15-42-38(19-26)36-5-1-3-7-40(36)48(42)32-11-13-34-28(22-32)21-29-23-33(12-14-35(29)34)49-41-8-4-2-6-37(41)39-20-27(10-16-43(39)49)18-31(25-47)45(52)53/h1-20,22-23H,21H2,(H,50,51)(H,52,53)/b30-17+,31-18+. The lowest BCUT2D eigenvalue weighted by Gasteiger charge is -2.11. The van der Waals surface area contributed by atoms with Gasteiger partial charge >= 0.3 is 11.9 Å². The Kier molecular flexibility index (Phi) is 7.08. The summed E-state index contributed by atoms with van der Waals surface area (Å²) in [5, 5.41) is 41.4. The van der Waals surface area contributed by atoms with E-state index in [9.17, 15) is 30.3 Å². The van der Waals surface area contributed by atoms with Crippen molar-refractivity contribution in [3.05, 3.63) is 155 Å². The molecule has 0 amide bonds. The number of hydrogen-bond acceptors (Lipinski definition) is 4. The van der Waals surface area contributed by atoms with Gasteiger partial charge in [-0.05, 0) is 113 Å². The quantitative estimate of drug-likeness (QED) is 0.132. The first kappa shape index (κ1) is 31.3. The minimum atomic E-state index is -1.26. The first-order valence-corrected chi connectivity index (χ1v) is 16.9. The molecule has 2 N–H and O–H groups in total. The van der Waals surface area contributed by atoms with E-state index in [0.29, 0.717) is 11.1 Å². The van der Waals surface area contributed by atoms with Gasteiger partial charge in [0.15, 0.2) is 0 Å². The number of benzene rings is 6. The van der Waals surface area contributed by atoms with Crippen LogP contribution in [0.5, 0.6) is 0 Å². The fraction of sp³-hybridized carbons (Fsp3) is 0.0222. The van der Waals surface area contributed by atoms with Crippen LogP contribution in [0.2, 0.25) is 0 Å². The molecular formula is C45H26N4O4. The van der Waals surface area contributed by atoms with Crippen molar-refractivity contribution in [3.8, 4) is 34.6 Å². The van der Waals surface area contributed by atoms with E-state index in [1.807, 2.05) is 60.7 Å². The summed E-state index contributed by atoms with van der Waals surface area (Å²) in [4.78, 5) is 23.0. The van der Waals surface area contributed by atoms with Gasteiger partial charge < -0.3 is 19.3 Å². The van der Waals surface area contributed by atoms with Crippen LogP contribution in [-0.4, -0.2) is 31.3 Å². The van der Waals surface area contributed by atoms with E-state index in [1.165, 1.54) is 34.4 Å². The highest BCUT2D eigenvalue weighted by Crippen LogP contribution is 2.42. The van der Waals surface area contributed by atoms with E-state index in [4.69, 9.17) is 0 Å². The van der Waals surface area contributed by atoms with Gasteiger partial charge in [-0.1, -0.05) is 60.7 Å². The van der Waals surface area contributed by atoms with Gasteiger partial charge in [0.1, 0.15) is 23.3 Å². The molecule has 8 heteroatoms. The first-order chi connectivity index (χ1) is 25.8. The van der Waals surface area contributed by atoms with Crippen molar-refractivity contribution < 1.29 is 19.8 Å². The van der Waals surface area contributed by atoms with E-state index in [0.717, 1.165) is 61.4 Å². The fourth-order valence-electron chi connectivity index (χ4n) is 7.80. The molecular weight excluding hydrogens is 661 g/mol. The third-order valence-electron chi connectivity index (χ3n) is 10.1. The Morgan fingerprint density at radius 2 is 0.943 bits per heavy atom. The van der Waals surface area contributed by atoms with Gasteiger partial charge in [0.05, 0.1) is 22.1 Å². The molecule has 1 aliphatic carbocycles. The van der Waals surface area contributed by atoms with Crippen molar-refractivity contribution >= 4 is 67.7 Å². The van der Waals surface area contributed by atoms with Crippen molar-refractivity contribution in [3.63, 3.8) is 0 Å². The molecule has 250 valence electrons. The Hall–Kier alpha value is -7.68. The van der Waals surface area contributed by atoms with Crippen LogP contribution in [0.3, 0.4) is 0 Å². The maximum atomic E-state index is 11.5. The summed E-state index contributed by atoms with van der Waals surface area (Å²) in [6.45, 7) is 0. The predicted molar refractivity (Wildman–Crippen MR) is 206 cm³/mol. The zero-order valence-corrected chi connectivity index (χ0v) is 27.9. The fourth-order valence-corrected chi connectivity index (χ4v) is 7.80. The number of aromatic nitrogens is 2. The normalized spacial score (nSPS) is 12.6. The number of hydrogen-bond donors (Lipinski definition) is 2. The number of carboxylic acids is 2. The van der Waals surface area contributed by atoms with Crippen molar-refractivity contribution in [2.24, 2.45) is 0 Å². The Morgan fingerprint density at radius 1 is 0.528 bits per heavy atom. The lowest BCUT2D eigenvalue weighted by molar-refractivity contribution is -0.133. The van der Waals surface area contributed by atoms with Crippen molar-refractivity contribution in [2.45, 2.75) is 6.42 Å². The van der Waals surface area contributed by atoms with Crippen LogP contribution in [0, 0.1) is 22.7 Å². The number of fused-ring (bicyclic) bond motifs is 9. The number of carbonyl (C=O) groups is 2. The third-order valence-corrected chi connectivity index (χ3v) is 10.1. The molecule has 1 aliphatic rings. The van der Waals surface area contributed by atoms with Gasteiger partial charge in [0, 0.05) is 32.9 Å². The number of rotatable bonds is 6. The van der Waals surface area contributed by atoms with Gasteiger partial charge in [-0.2, -0.15) is 10.5 Å². The molecule has 6 aromatic carbocycles. The third kappa shape index (κ3) is 4.97. The van der Waals surface area contributed by atoms with Gasteiger partial charge in [-0.15, -0.1) is 0 Å². The maximum Gasteiger partial charge on any atom is 0.346 e. The van der Waals surface area contributed by atoms with Gasteiger partial charge in [0.2, 0.25) is 0 Å². The second-order valence-electron chi connectivity index (χ2n) is 13.1. The lowest BCUT2D eigenvalue weighted by Crippen LogP contribution is -1.97. The van der Waals surface area contributed by atoms with Crippen LogP contribution in [0.1, 0.15) is 22.3 Å². The largest absolute Gasteiger partial charge is 0.477 e. The number of para-hydroxylation sites is 2. The maximum absolute atomic E-state index is 11.5. The van der Waals surface area contributed by atoms with Gasteiger partial charge in [0.25, 0.3) is 0 Å². The first-order valence-electron chi connectivity index (χ1n) is 16.9. The Balaban J connectivity index is 1.12. The molecule has 2 heterocycles. The molecule has 2 aromatic heterocycles. The van der Waals surface area contributed by atoms with Crippen LogP contribution in [0.4, 0.5) is 0 Å². The average molecular weight is 687 g/mol. The summed E-state index contributed by atoms with van der Waals surface area (Å²) < 4.78 is 4.46. The Labute approximate surface area is 302 Å². The lowest BCUT2D eigenvalue weighted by atomic mass is 10.0. The van der Waals surface area contributed by atoms with E-state index >= 15 is 0 Å². The molecule has 0 fully saturated rings. The smallest absolute Gasteiger partial charge is 0.346 e. The summed E-state index contributed by atoms with van der Waals surface area (Å²) >= 11 is 0. The molecule has 0 radical (unpaired) electrons. The zero-order chi connectivity index (χ0) is 36.4. The summed E-state index contributed by atoms with van der Waals surface area (Å²) in [5.74, 6) is -2.51. The minimum Gasteiger partial charge on any atom is -0.477 e. The number of carboxylic acid groups (broad SMARTS) is 2. The topological polar surface area (TPSA) is 132 Å². The van der Waals surface area contributed by atoms with Crippen LogP contribution >= 0.6 is 0 Å². The second kappa shape index (κ2) is 12.0. The molecule has 8 nitrogen and oxygen atoms in total. The number of nitrogens with zero attached hydrogens (tertiary/aromatic N) is 4.